The second-order valence-corrected chi connectivity index (χ2v) is 9.09. The number of nitrogens with zero attached hydrogens (tertiary/aromatic N) is 1. The number of carbonyl (C=O) groups is 1. The summed E-state index contributed by atoms with van der Waals surface area (Å²) in [4.78, 5) is 12.7. The molecule has 0 aliphatic heterocycles. The summed E-state index contributed by atoms with van der Waals surface area (Å²) in [7, 11) is -4.10. The van der Waals surface area contributed by atoms with Crippen molar-refractivity contribution in [2.24, 2.45) is 0 Å². The zero-order chi connectivity index (χ0) is 24.8. The zero-order valence-corrected chi connectivity index (χ0v) is 19.1. The highest BCUT2D eigenvalue weighted by atomic mass is 32.2. The molecule has 0 spiro atoms. The van der Waals surface area contributed by atoms with E-state index in [-0.39, 0.29) is 22.7 Å². The van der Waals surface area contributed by atoms with E-state index >= 15 is 0 Å². The topological polar surface area (TPSA) is 75.7 Å². The van der Waals surface area contributed by atoms with Crippen molar-refractivity contribution in [1.82, 2.24) is 5.32 Å². The molecule has 3 rings (SSSR count). The lowest BCUT2D eigenvalue weighted by atomic mass is 10.1. The number of rotatable bonds is 9. The van der Waals surface area contributed by atoms with Gasteiger partial charge in [0.1, 0.15) is 12.3 Å². The normalized spacial score (nSPS) is 11.6. The van der Waals surface area contributed by atoms with Crippen molar-refractivity contribution in [3.05, 3.63) is 90.0 Å². The number of ether oxygens (including phenoxy) is 1. The first-order chi connectivity index (χ1) is 16.1. The van der Waals surface area contributed by atoms with Crippen molar-refractivity contribution < 1.29 is 31.1 Å². The molecule has 0 aliphatic carbocycles. The van der Waals surface area contributed by atoms with Crippen molar-refractivity contribution in [2.45, 2.75) is 24.5 Å². The van der Waals surface area contributed by atoms with Gasteiger partial charge in [0, 0.05) is 6.54 Å². The summed E-state index contributed by atoms with van der Waals surface area (Å²) in [6, 6.07) is 18.4. The minimum Gasteiger partial charge on any atom is -0.494 e. The number of sulfonamides is 1. The van der Waals surface area contributed by atoms with Gasteiger partial charge in [-0.15, -0.1) is 0 Å². The third kappa shape index (κ3) is 6.28. The van der Waals surface area contributed by atoms with Crippen molar-refractivity contribution in [1.29, 1.82) is 0 Å². The Morgan fingerprint density at radius 3 is 2.26 bits per heavy atom. The summed E-state index contributed by atoms with van der Waals surface area (Å²) in [5, 5.41) is 2.50. The van der Waals surface area contributed by atoms with Gasteiger partial charge in [-0.05, 0) is 61.0 Å². The lowest BCUT2D eigenvalue weighted by Crippen LogP contribution is -2.40. The SMILES string of the molecule is CCOc1ccc(N(CC(=O)NCc2cccc(C(F)(F)F)c2)S(=O)(=O)c2ccccc2)cc1. The molecule has 1 N–H and O–H groups in total. The van der Waals surface area contributed by atoms with Gasteiger partial charge in [-0.25, -0.2) is 8.42 Å². The number of benzene rings is 3. The molecule has 3 aromatic carbocycles. The molecule has 34 heavy (non-hydrogen) atoms. The number of hydrogen-bond donors (Lipinski definition) is 1. The molecule has 0 radical (unpaired) electrons. The smallest absolute Gasteiger partial charge is 0.416 e. The molecule has 0 fully saturated rings. The van der Waals surface area contributed by atoms with Crippen LogP contribution < -0.4 is 14.4 Å². The Hall–Kier alpha value is -3.53. The van der Waals surface area contributed by atoms with Crippen molar-refractivity contribution in [3.63, 3.8) is 0 Å². The summed E-state index contributed by atoms with van der Waals surface area (Å²) in [6.07, 6.45) is -4.51. The predicted octanol–water partition coefficient (Wildman–Crippen LogP) is 4.62. The van der Waals surface area contributed by atoms with Crippen molar-refractivity contribution in [3.8, 4) is 5.75 Å². The zero-order valence-electron chi connectivity index (χ0n) is 18.2. The average molecular weight is 493 g/mol. The largest absolute Gasteiger partial charge is 0.494 e. The number of halogens is 3. The van der Waals surface area contributed by atoms with Crippen LogP contribution in [0.5, 0.6) is 5.75 Å². The second kappa shape index (κ2) is 10.6. The fourth-order valence-corrected chi connectivity index (χ4v) is 4.60. The van der Waals surface area contributed by atoms with Crippen LogP contribution in [0.4, 0.5) is 18.9 Å². The van der Waals surface area contributed by atoms with E-state index in [0.29, 0.717) is 12.4 Å². The maximum Gasteiger partial charge on any atom is 0.416 e. The summed E-state index contributed by atoms with van der Waals surface area (Å²) in [6.45, 7) is 1.49. The second-order valence-electron chi connectivity index (χ2n) is 7.23. The Labute approximate surface area is 196 Å². The fraction of sp³-hybridized carbons (Fsp3) is 0.208. The summed E-state index contributed by atoms with van der Waals surface area (Å²) in [5.41, 5.74) is -0.356. The van der Waals surface area contributed by atoms with Crippen LogP contribution >= 0.6 is 0 Å². The monoisotopic (exact) mass is 492 g/mol. The molecule has 10 heteroatoms. The summed E-state index contributed by atoms with van der Waals surface area (Å²) < 4.78 is 71.7. The number of alkyl halides is 3. The Morgan fingerprint density at radius 2 is 1.65 bits per heavy atom. The number of carbonyl (C=O) groups excluding carboxylic acids is 1. The lowest BCUT2D eigenvalue weighted by molar-refractivity contribution is -0.137. The Balaban J connectivity index is 1.82. The first-order valence-electron chi connectivity index (χ1n) is 10.3. The molecule has 0 bridgehead atoms. The highest BCUT2D eigenvalue weighted by Crippen LogP contribution is 2.29. The molecule has 0 unspecified atom stereocenters. The summed E-state index contributed by atoms with van der Waals surface area (Å²) >= 11 is 0. The van der Waals surface area contributed by atoms with Gasteiger partial charge < -0.3 is 10.1 Å². The van der Waals surface area contributed by atoms with Crippen LogP contribution in [0.1, 0.15) is 18.1 Å². The maximum absolute atomic E-state index is 13.3. The van der Waals surface area contributed by atoms with Crippen molar-refractivity contribution >= 4 is 21.6 Å². The number of hydrogen-bond acceptors (Lipinski definition) is 4. The fourth-order valence-electron chi connectivity index (χ4n) is 3.15. The van der Waals surface area contributed by atoms with E-state index in [2.05, 4.69) is 5.32 Å². The quantitative estimate of drug-likeness (QED) is 0.473. The van der Waals surface area contributed by atoms with E-state index in [1.54, 1.807) is 30.3 Å². The lowest BCUT2D eigenvalue weighted by Gasteiger charge is -2.24. The highest BCUT2D eigenvalue weighted by Gasteiger charge is 2.30. The van der Waals surface area contributed by atoms with Gasteiger partial charge in [0.05, 0.1) is 22.8 Å². The Morgan fingerprint density at radius 1 is 0.971 bits per heavy atom. The molecule has 1 amide bonds. The molecule has 0 saturated heterocycles. The third-order valence-electron chi connectivity index (χ3n) is 4.80. The van der Waals surface area contributed by atoms with Crippen LogP contribution in [0, 0.1) is 0 Å². The highest BCUT2D eigenvalue weighted by molar-refractivity contribution is 7.92. The molecule has 180 valence electrons. The molecule has 0 atom stereocenters. The maximum atomic E-state index is 13.3. The number of amides is 1. The first-order valence-corrected chi connectivity index (χ1v) is 11.8. The van der Waals surface area contributed by atoms with E-state index in [1.165, 1.54) is 36.4 Å². The van der Waals surface area contributed by atoms with E-state index in [1.807, 2.05) is 6.92 Å². The molecule has 0 aromatic heterocycles. The van der Waals surface area contributed by atoms with Gasteiger partial charge in [0.2, 0.25) is 5.91 Å². The van der Waals surface area contributed by atoms with Crippen LogP contribution in [0.2, 0.25) is 0 Å². The minimum absolute atomic E-state index is 0.00503. The van der Waals surface area contributed by atoms with Gasteiger partial charge in [-0.1, -0.05) is 30.3 Å². The predicted molar refractivity (Wildman–Crippen MR) is 122 cm³/mol. The van der Waals surface area contributed by atoms with Gasteiger partial charge in [0.15, 0.2) is 0 Å². The van der Waals surface area contributed by atoms with Gasteiger partial charge >= 0.3 is 6.18 Å². The van der Waals surface area contributed by atoms with Crippen LogP contribution in [-0.4, -0.2) is 27.5 Å². The standard InChI is InChI=1S/C24H23F3N2O4S/c1-2-33-21-13-11-20(12-14-21)29(34(31,32)22-9-4-3-5-10-22)17-23(30)28-16-18-7-6-8-19(15-18)24(25,26)27/h3-15H,2,16-17H2,1H3,(H,28,30). The first kappa shape index (κ1) is 25.1. The average Bonchev–Trinajstić information content (AvgIpc) is 2.82. The van der Waals surface area contributed by atoms with Gasteiger partial charge in [0.25, 0.3) is 10.0 Å². The Bertz CT molecular complexity index is 1210. The summed E-state index contributed by atoms with van der Waals surface area (Å²) in [5.74, 6) is -0.136. The van der Waals surface area contributed by atoms with Crippen LogP contribution in [0.25, 0.3) is 0 Å². The molecular weight excluding hydrogens is 469 g/mol. The number of anilines is 1. The van der Waals surface area contributed by atoms with E-state index in [0.717, 1.165) is 16.4 Å². The molecule has 0 saturated carbocycles. The molecule has 3 aromatic rings. The van der Waals surface area contributed by atoms with Crippen LogP contribution in [0.3, 0.4) is 0 Å². The van der Waals surface area contributed by atoms with Crippen molar-refractivity contribution in [2.75, 3.05) is 17.5 Å². The van der Waals surface area contributed by atoms with Gasteiger partial charge in [-0.3, -0.25) is 9.10 Å². The number of nitrogens with one attached hydrogen (secondary N) is 1. The molecular formula is C24H23F3N2O4S. The Kier molecular flexibility index (Phi) is 7.83. The molecule has 0 aliphatic rings. The van der Waals surface area contributed by atoms with Crippen LogP contribution in [-0.2, 0) is 27.5 Å². The minimum atomic E-state index is -4.51. The third-order valence-corrected chi connectivity index (χ3v) is 6.59. The van der Waals surface area contributed by atoms with E-state index in [9.17, 15) is 26.4 Å². The molecule has 6 nitrogen and oxygen atoms in total. The van der Waals surface area contributed by atoms with E-state index in [4.69, 9.17) is 4.74 Å². The van der Waals surface area contributed by atoms with Gasteiger partial charge in [-0.2, -0.15) is 13.2 Å². The molecule has 0 heterocycles. The van der Waals surface area contributed by atoms with Crippen LogP contribution in [0.15, 0.2) is 83.8 Å². The van der Waals surface area contributed by atoms with E-state index < -0.39 is 34.2 Å².